The fourth-order valence-corrected chi connectivity index (χ4v) is 2.60. The SMILES string of the molecule is CC(C)CN1C(CO)CN(C)CCC1(C)C. The Kier molecular flexibility index (Phi) is 4.77. The van der Waals surface area contributed by atoms with Crippen molar-refractivity contribution in [1.82, 2.24) is 9.80 Å². The molecule has 1 saturated heterocycles. The van der Waals surface area contributed by atoms with Crippen molar-refractivity contribution in [2.24, 2.45) is 5.92 Å². The summed E-state index contributed by atoms with van der Waals surface area (Å²) in [6.45, 7) is 12.5. The van der Waals surface area contributed by atoms with Gasteiger partial charge in [0, 0.05) is 24.7 Å². The maximum atomic E-state index is 9.58. The minimum atomic E-state index is 0.197. The van der Waals surface area contributed by atoms with Gasteiger partial charge in [-0.3, -0.25) is 4.90 Å². The number of hydrogen-bond acceptors (Lipinski definition) is 3. The van der Waals surface area contributed by atoms with E-state index in [2.05, 4.69) is 44.5 Å². The molecule has 1 heterocycles. The number of rotatable bonds is 3. The lowest BCUT2D eigenvalue weighted by atomic mass is 9.95. The van der Waals surface area contributed by atoms with Crippen molar-refractivity contribution in [3.8, 4) is 0 Å². The molecule has 0 aromatic rings. The van der Waals surface area contributed by atoms with Crippen molar-refractivity contribution in [2.45, 2.75) is 45.7 Å². The summed E-state index contributed by atoms with van der Waals surface area (Å²) in [6, 6.07) is 0.282. The van der Waals surface area contributed by atoms with Crippen LogP contribution in [0.2, 0.25) is 0 Å². The van der Waals surface area contributed by atoms with Crippen LogP contribution in [0.4, 0.5) is 0 Å². The van der Waals surface area contributed by atoms with Crippen LogP contribution in [0.1, 0.15) is 34.1 Å². The largest absolute Gasteiger partial charge is 0.395 e. The molecule has 3 nitrogen and oxygen atoms in total. The minimum Gasteiger partial charge on any atom is -0.395 e. The van der Waals surface area contributed by atoms with Crippen LogP contribution in [0.15, 0.2) is 0 Å². The first-order chi connectivity index (χ1) is 7.36. The Morgan fingerprint density at radius 1 is 1.38 bits per heavy atom. The molecule has 0 amide bonds. The second-order valence-electron chi connectivity index (χ2n) is 6.21. The molecule has 1 N–H and O–H groups in total. The predicted octanol–water partition coefficient (Wildman–Crippen LogP) is 1.42. The molecule has 0 aliphatic carbocycles. The van der Waals surface area contributed by atoms with Gasteiger partial charge in [0.25, 0.3) is 0 Å². The lowest BCUT2D eigenvalue weighted by Crippen LogP contribution is -2.53. The van der Waals surface area contributed by atoms with Crippen LogP contribution in [0.3, 0.4) is 0 Å². The first kappa shape index (κ1) is 13.9. The highest BCUT2D eigenvalue weighted by Gasteiger charge is 2.35. The summed E-state index contributed by atoms with van der Waals surface area (Å²) in [4.78, 5) is 4.84. The summed E-state index contributed by atoms with van der Waals surface area (Å²) in [5, 5.41) is 9.58. The lowest BCUT2D eigenvalue weighted by molar-refractivity contribution is 0.0319. The van der Waals surface area contributed by atoms with Crippen LogP contribution in [0.5, 0.6) is 0 Å². The first-order valence-electron chi connectivity index (χ1n) is 6.43. The molecule has 0 aromatic heterocycles. The molecule has 16 heavy (non-hydrogen) atoms. The van der Waals surface area contributed by atoms with Crippen LogP contribution in [0.25, 0.3) is 0 Å². The van der Waals surface area contributed by atoms with E-state index in [4.69, 9.17) is 0 Å². The zero-order valence-corrected chi connectivity index (χ0v) is 11.5. The van der Waals surface area contributed by atoms with Gasteiger partial charge in [-0.25, -0.2) is 0 Å². The normalized spacial score (nSPS) is 28.3. The van der Waals surface area contributed by atoms with Gasteiger partial charge in [-0.15, -0.1) is 0 Å². The fraction of sp³-hybridized carbons (Fsp3) is 1.00. The van der Waals surface area contributed by atoms with Crippen LogP contribution in [0, 0.1) is 5.92 Å². The number of aliphatic hydroxyl groups is 1. The van der Waals surface area contributed by atoms with Gasteiger partial charge in [0.05, 0.1) is 6.61 Å². The van der Waals surface area contributed by atoms with Gasteiger partial charge in [0.1, 0.15) is 0 Å². The number of hydrogen-bond donors (Lipinski definition) is 1. The van der Waals surface area contributed by atoms with Gasteiger partial charge in [-0.1, -0.05) is 13.8 Å². The molecule has 96 valence electrons. The molecule has 0 radical (unpaired) electrons. The average Bonchev–Trinajstić information content (AvgIpc) is 2.28. The van der Waals surface area contributed by atoms with Gasteiger partial charge in [-0.2, -0.15) is 0 Å². The summed E-state index contributed by atoms with van der Waals surface area (Å²) in [5.41, 5.74) is 0.197. The van der Waals surface area contributed by atoms with Crippen LogP contribution < -0.4 is 0 Å². The summed E-state index contributed by atoms with van der Waals surface area (Å²) in [5.74, 6) is 0.650. The summed E-state index contributed by atoms with van der Waals surface area (Å²) >= 11 is 0. The monoisotopic (exact) mass is 228 g/mol. The van der Waals surface area contributed by atoms with E-state index in [0.29, 0.717) is 5.92 Å². The maximum Gasteiger partial charge on any atom is 0.0599 e. The maximum absolute atomic E-state index is 9.58. The topological polar surface area (TPSA) is 26.7 Å². The van der Waals surface area contributed by atoms with Crippen LogP contribution >= 0.6 is 0 Å². The van der Waals surface area contributed by atoms with E-state index < -0.39 is 0 Å². The highest BCUT2D eigenvalue weighted by Crippen LogP contribution is 2.26. The van der Waals surface area contributed by atoms with E-state index in [9.17, 15) is 5.11 Å². The Balaban J connectivity index is 2.83. The van der Waals surface area contributed by atoms with E-state index in [1.807, 2.05) is 0 Å². The van der Waals surface area contributed by atoms with Crippen molar-refractivity contribution < 1.29 is 5.11 Å². The molecule has 1 atom stereocenters. The third kappa shape index (κ3) is 3.44. The Labute approximate surface area is 100 Å². The number of nitrogens with zero attached hydrogens (tertiary/aromatic N) is 2. The van der Waals surface area contributed by atoms with E-state index in [0.717, 1.165) is 19.6 Å². The van der Waals surface area contributed by atoms with Gasteiger partial charge in [0.15, 0.2) is 0 Å². The summed E-state index contributed by atoms with van der Waals surface area (Å²) in [7, 11) is 2.15. The van der Waals surface area contributed by atoms with Crippen LogP contribution in [-0.2, 0) is 0 Å². The molecule has 1 aliphatic rings. The molecule has 0 bridgehead atoms. The molecule has 1 aliphatic heterocycles. The number of likely N-dealkylation sites (N-methyl/N-ethyl adjacent to an activating group) is 1. The molecular weight excluding hydrogens is 200 g/mol. The summed E-state index contributed by atoms with van der Waals surface area (Å²) < 4.78 is 0. The quantitative estimate of drug-likeness (QED) is 0.791. The van der Waals surface area contributed by atoms with Crippen molar-refractivity contribution in [1.29, 1.82) is 0 Å². The molecule has 0 spiro atoms. The molecule has 1 unspecified atom stereocenters. The highest BCUT2D eigenvalue weighted by molar-refractivity contribution is 4.91. The van der Waals surface area contributed by atoms with E-state index in [-0.39, 0.29) is 18.2 Å². The summed E-state index contributed by atoms with van der Waals surface area (Å²) in [6.07, 6.45) is 1.17. The molecule has 0 saturated carbocycles. The second-order valence-corrected chi connectivity index (χ2v) is 6.21. The molecule has 3 heteroatoms. The van der Waals surface area contributed by atoms with E-state index in [1.54, 1.807) is 0 Å². The Hall–Kier alpha value is -0.120. The Morgan fingerprint density at radius 2 is 2.00 bits per heavy atom. The number of aliphatic hydroxyl groups excluding tert-OH is 1. The van der Waals surface area contributed by atoms with Crippen molar-refractivity contribution in [3.63, 3.8) is 0 Å². The Morgan fingerprint density at radius 3 is 2.50 bits per heavy atom. The van der Waals surface area contributed by atoms with Crippen molar-refractivity contribution in [3.05, 3.63) is 0 Å². The van der Waals surface area contributed by atoms with Gasteiger partial charge in [-0.05, 0) is 39.8 Å². The van der Waals surface area contributed by atoms with E-state index >= 15 is 0 Å². The Bertz CT molecular complexity index is 216. The lowest BCUT2D eigenvalue weighted by Gasteiger charge is -2.42. The van der Waals surface area contributed by atoms with E-state index in [1.165, 1.54) is 6.42 Å². The van der Waals surface area contributed by atoms with Crippen molar-refractivity contribution >= 4 is 0 Å². The van der Waals surface area contributed by atoms with Gasteiger partial charge in [0.2, 0.25) is 0 Å². The average molecular weight is 228 g/mol. The first-order valence-corrected chi connectivity index (χ1v) is 6.43. The molecular formula is C13H28N2O. The third-order valence-electron chi connectivity index (χ3n) is 3.62. The molecule has 1 fully saturated rings. The minimum absolute atomic E-state index is 0.197. The second kappa shape index (κ2) is 5.48. The smallest absolute Gasteiger partial charge is 0.0599 e. The third-order valence-corrected chi connectivity index (χ3v) is 3.62. The zero-order valence-electron chi connectivity index (χ0n) is 11.5. The highest BCUT2D eigenvalue weighted by atomic mass is 16.3. The zero-order chi connectivity index (χ0) is 12.3. The predicted molar refractivity (Wildman–Crippen MR) is 68.6 cm³/mol. The van der Waals surface area contributed by atoms with Crippen molar-refractivity contribution in [2.75, 3.05) is 33.3 Å². The van der Waals surface area contributed by atoms with Gasteiger partial charge >= 0.3 is 0 Å². The molecule has 1 rings (SSSR count). The molecule has 0 aromatic carbocycles. The van der Waals surface area contributed by atoms with Gasteiger partial charge < -0.3 is 10.0 Å². The fourth-order valence-electron chi connectivity index (χ4n) is 2.60. The standard InChI is InChI=1S/C13H28N2O/c1-11(2)8-15-12(10-16)9-14(5)7-6-13(15,3)4/h11-12,16H,6-10H2,1-5H3. The van der Waals surface area contributed by atoms with Crippen LogP contribution in [-0.4, -0.2) is 59.8 Å².